The van der Waals surface area contributed by atoms with Crippen LogP contribution in [0.5, 0.6) is 0 Å². The number of benzene rings is 3. The van der Waals surface area contributed by atoms with Gasteiger partial charge in [-0.3, -0.25) is 0 Å². The third kappa shape index (κ3) is 4.11. The molecule has 0 amide bonds. The highest BCUT2D eigenvalue weighted by Gasteiger charge is 2.18. The fraction of sp³-hybridized carbons (Fsp3) is 0.296. The van der Waals surface area contributed by atoms with E-state index in [0.717, 1.165) is 36.7 Å². The zero-order chi connectivity index (χ0) is 20.3. The van der Waals surface area contributed by atoms with Crippen LogP contribution in [0.1, 0.15) is 36.1 Å². The van der Waals surface area contributed by atoms with Crippen molar-refractivity contribution in [3.8, 4) is 0 Å². The first-order valence-corrected chi connectivity index (χ1v) is 11.0. The van der Waals surface area contributed by atoms with Gasteiger partial charge in [0.05, 0.1) is 5.69 Å². The molecule has 2 heterocycles. The maximum Gasteiger partial charge on any atom is 0.167 e. The van der Waals surface area contributed by atoms with E-state index in [2.05, 4.69) is 83.9 Å². The van der Waals surface area contributed by atoms with Gasteiger partial charge in [-0.1, -0.05) is 53.2 Å². The van der Waals surface area contributed by atoms with Crippen molar-refractivity contribution < 1.29 is 4.52 Å². The lowest BCUT2D eigenvalue weighted by molar-refractivity contribution is 0.235. The van der Waals surface area contributed by atoms with Crippen molar-refractivity contribution in [3.63, 3.8) is 0 Å². The lowest BCUT2D eigenvalue weighted by Crippen LogP contribution is -2.29. The largest absolute Gasteiger partial charge is 0.377 e. The summed E-state index contributed by atoms with van der Waals surface area (Å²) in [5, 5.41) is 8.11. The molecule has 1 aromatic heterocycles. The number of hydrogen-bond acceptors (Lipinski definition) is 3. The van der Waals surface area contributed by atoms with Crippen LogP contribution >= 0.6 is 0 Å². The molecular formula is C27H28N2O. The molecule has 3 nitrogen and oxygen atoms in total. The Morgan fingerprint density at radius 2 is 1.83 bits per heavy atom. The third-order valence-corrected chi connectivity index (χ3v) is 6.39. The number of hydrogen-bond donors (Lipinski definition) is 0. The summed E-state index contributed by atoms with van der Waals surface area (Å²) in [6.07, 6.45) is 9.21. The van der Waals surface area contributed by atoms with Gasteiger partial charge in [0.2, 0.25) is 0 Å². The monoisotopic (exact) mass is 396 g/mol. The van der Waals surface area contributed by atoms with Crippen LogP contribution in [0, 0.1) is 12.8 Å². The molecule has 3 aromatic carbocycles. The predicted molar refractivity (Wildman–Crippen MR) is 124 cm³/mol. The van der Waals surface area contributed by atoms with Gasteiger partial charge in [0, 0.05) is 18.5 Å². The van der Waals surface area contributed by atoms with Crippen molar-refractivity contribution in [2.75, 3.05) is 13.1 Å². The van der Waals surface area contributed by atoms with Crippen LogP contribution in [0.4, 0.5) is 0 Å². The number of fused-ring (bicyclic) bond motifs is 2. The van der Waals surface area contributed by atoms with Crippen molar-refractivity contribution in [1.29, 1.82) is 0 Å². The Balaban J connectivity index is 1.15. The van der Waals surface area contributed by atoms with E-state index in [4.69, 9.17) is 4.52 Å². The van der Waals surface area contributed by atoms with Crippen molar-refractivity contribution in [3.05, 3.63) is 83.7 Å². The first kappa shape index (κ1) is 18.9. The summed E-state index contributed by atoms with van der Waals surface area (Å²) in [5.74, 6) is 0.770. The molecule has 0 aliphatic carbocycles. The van der Waals surface area contributed by atoms with Crippen LogP contribution in [-0.4, -0.2) is 23.1 Å². The highest BCUT2D eigenvalue weighted by Crippen LogP contribution is 2.26. The standard InChI is InChI=1S/C27H28N2O/c1-20-6-11-27-25(18-20)26(28-30-27)10-8-21-12-15-29(16-13-21)17-14-22-7-9-23-4-2-3-5-24(23)19-22/h2-7,9,11,14,17-19,21H,8,10,12-13,15-16H2,1H3. The Kier molecular flexibility index (Phi) is 5.27. The molecule has 1 aliphatic rings. The van der Waals surface area contributed by atoms with E-state index >= 15 is 0 Å². The Morgan fingerprint density at radius 3 is 2.70 bits per heavy atom. The molecule has 0 unspecified atom stereocenters. The minimum absolute atomic E-state index is 0.770. The molecule has 0 N–H and O–H groups in total. The SMILES string of the molecule is Cc1ccc2onc(CCC3CCN(C=Cc4ccc5ccccc5c4)CC3)c2c1. The first-order valence-electron chi connectivity index (χ1n) is 11.0. The van der Waals surface area contributed by atoms with Gasteiger partial charge in [-0.15, -0.1) is 0 Å². The lowest BCUT2D eigenvalue weighted by atomic mass is 9.91. The van der Waals surface area contributed by atoms with E-state index < -0.39 is 0 Å². The average molecular weight is 397 g/mol. The van der Waals surface area contributed by atoms with E-state index in [9.17, 15) is 0 Å². The summed E-state index contributed by atoms with van der Waals surface area (Å²) in [6, 6.07) is 21.5. The van der Waals surface area contributed by atoms with Crippen molar-refractivity contribution in [2.24, 2.45) is 5.92 Å². The molecule has 0 bridgehead atoms. The topological polar surface area (TPSA) is 29.3 Å². The van der Waals surface area contributed by atoms with Gasteiger partial charge in [-0.05, 0) is 85.3 Å². The van der Waals surface area contributed by atoms with E-state index in [1.54, 1.807) is 0 Å². The van der Waals surface area contributed by atoms with Gasteiger partial charge >= 0.3 is 0 Å². The van der Waals surface area contributed by atoms with Gasteiger partial charge in [0.15, 0.2) is 5.58 Å². The molecule has 152 valence electrons. The summed E-state index contributed by atoms with van der Waals surface area (Å²) in [6.45, 7) is 4.39. The number of aromatic nitrogens is 1. The Bertz CT molecular complexity index is 1180. The summed E-state index contributed by atoms with van der Waals surface area (Å²) < 4.78 is 5.49. The maximum atomic E-state index is 5.49. The molecule has 1 aliphatic heterocycles. The predicted octanol–water partition coefficient (Wildman–Crippen LogP) is 6.60. The third-order valence-electron chi connectivity index (χ3n) is 6.39. The van der Waals surface area contributed by atoms with E-state index in [1.807, 2.05) is 6.07 Å². The second-order valence-corrected chi connectivity index (χ2v) is 8.57. The molecule has 3 heteroatoms. The van der Waals surface area contributed by atoms with Gasteiger partial charge in [0.25, 0.3) is 0 Å². The van der Waals surface area contributed by atoms with Crippen LogP contribution in [0.2, 0.25) is 0 Å². The molecule has 1 fully saturated rings. The minimum atomic E-state index is 0.770. The van der Waals surface area contributed by atoms with Gasteiger partial charge in [0.1, 0.15) is 0 Å². The normalized spacial score (nSPS) is 15.6. The Hall–Kier alpha value is -3.07. The van der Waals surface area contributed by atoms with Gasteiger partial charge in [-0.2, -0.15) is 0 Å². The summed E-state index contributed by atoms with van der Waals surface area (Å²) in [5.41, 5.74) is 4.55. The Labute approximate surface area is 178 Å². The number of aryl methyl sites for hydroxylation is 2. The van der Waals surface area contributed by atoms with Crippen molar-refractivity contribution in [1.82, 2.24) is 10.1 Å². The summed E-state index contributed by atoms with van der Waals surface area (Å²) in [4.78, 5) is 2.46. The quantitative estimate of drug-likeness (QED) is 0.380. The average Bonchev–Trinajstić information content (AvgIpc) is 3.19. The van der Waals surface area contributed by atoms with E-state index in [1.165, 1.54) is 46.5 Å². The van der Waals surface area contributed by atoms with Crippen LogP contribution in [0.15, 0.2) is 71.4 Å². The maximum absolute atomic E-state index is 5.49. The number of rotatable bonds is 5. The number of likely N-dealkylation sites (tertiary alicyclic amines) is 1. The van der Waals surface area contributed by atoms with Crippen LogP contribution in [0.25, 0.3) is 27.8 Å². The fourth-order valence-electron chi connectivity index (χ4n) is 4.52. The molecule has 30 heavy (non-hydrogen) atoms. The minimum Gasteiger partial charge on any atom is -0.377 e. The highest BCUT2D eigenvalue weighted by atomic mass is 16.5. The second-order valence-electron chi connectivity index (χ2n) is 8.57. The smallest absolute Gasteiger partial charge is 0.167 e. The van der Waals surface area contributed by atoms with Gasteiger partial charge in [-0.25, -0.2) is 0 Å². The molecule has 1 saturated heterocycles. The van der Waals surface area contributed by atoms with Crippen LogP contribution < -0.4 is 0 Å². The zero-order valence-corrected chi connectivity index (χ0v) is 17.6. The second kappa shape index (κ2) is 8.35. The molecule has 0 atom stereocenters. The molecular weight excluding hydrogens is 368 g/mol. The zero-order valence-electron chi connectivity index (χ0n) is 17.6. The highest BCUT2D eigenvalue weighted by molar-refractivity contribution is 5.84. The van der Waals surface area contributed by atoms with Crippen LogP contribution in [0.3, 0.4) is 0 Å². The summed E-state index contributed by atoms with van der Waals surface area (Å²) >= 11 is 0. The van der Waals surface area contributed by atoms with E-state index in [0.29, 0.717) is 0 Å². The van der Waals surface area contributed by atoms with E-state index in [-0.39, 0.29) is 0 Å². The molecule has 0 spiro atoms. The lowest BCUT2D eigenvalue weighted by Gasteiger charge is -2.31. The number of piperidine rings is 1. The van der Waals surface area contributed by atoms with Gasteiger partial charge < -0.3 is 9.42 Å². The molecule has 4 aromatic rings. The molecule has 5 rings (SSSR count). The molecule has 0 radical (unpaired) electrons. The molecule has 0 saturated carbocycles. The number of nitrogens with zero attached hydrogens (tertiary/aromatic N) is 2. The first-order chi connectivity index (χ1) is 14.7. The summed E-state index contributed by atoms with van der Waals surface area (Å²) in [7, 11) is 0. The van der Waals surface area contributed by atoms with Crippen molar-refractivity contribution in [2.45, 2.75) is 32.6 Å². The van der Waals surface area contributed by atoms with Crippen molar-refractivity contribution >= 4 is 27.8 Å². The fourth-order valence-corrected chi connectivity index (χ4v) is 4.52. The van der Waals surface area contributed by atoms with Crippen LogP contribution in [-0.2, 0) is 6.42 Å². The Morgan fingerprint density at radius 1 is 1.00 bits per heavy atom.